The SMILES string of the molecule is Brc1ccc(CSc2nnc(NCc3ccccc3)s2)s1. The van der Waals surface area contributed by atoms with E-state index >= 15 is 0 Å². The van der Waals surface area contributed by atoms with Gasteiger partial charge >= 0.3 is 0 Å². The number of thiophene rings is 1. The maximum Gasteiger partial charge on any atom is 0.206 e. The minimum atomic E-state index is 0.776. The molecule has 0 aliphatic heterocycles. The first-order valence-corrected chi connectivity index (χ1v) is 9.69. The molecule has 0 fully saturated rings. The minimum Gasteiger partial charge on any atom is -0.356 e. The van der Waals surface area contributed by atoms with Crippen LogP contribution in [0, 0.1) is 0 Å². The van der Waals surface area contributed by atoms with Crippen LogP contribution in [0.5, 0.6) is 0 Å². The number of nitrogens with zero attached hydrogens (tertiary/aromatic N) is 2. The summed E-state index contributed by atoms with van der Waals surface area (Å²) in [6.45, 7) is 0.776. The predicted molar refractivity (Wildman–Crippen MR) is 95.3 cm³/mol. The molecule has 3 nitrogen and oxygen atoms in total. The summed E-state index contributed by atoms with van der Waals surface area (Å²) >= 11 is 8.56. The van der Waals surface area contributed by atoms with Crippen molar-refractivity contribution in [2.24, 2.45) is 0 Å². The van der Waals surface area contributed by atoms with Crippen LogP contribution >= 0.6 is 50.4 Å². The van der Waals surface area contributed by atoms with Gasteiger partial charge in [0.05, 0.1) is 3.79 Å². The number of nitrogens with one attached hydrogen (secondary N) is 1. The van der Waals surface area contributed by atoms with Crippen LogP contribution < -0.4 is 5.32 Å². The molecule has 3 rings (SSSR count). The van der Waals surface area contributed by atoms with Gasteiger partial charge in [0, 0.05) is 17.2 Å². The quantitative estimate of drug-likeness (QED) is 0.575. The van der Waals surface area contributed by atoms with Crippen LogP contribution in [0.15, 0.2) is 50.6 Å². The zero-order chi connectivity index (χ0) is 14.5. The van der Waals surface area contributed by atoms with Gasteiger partial charge in [0.2, 0.25) is 5.13 Å². The van der Waals surface area contributed by atoms with E-state index in [4.69, 9.17) is 0 Å². The Morgan fingerprint density at radius 3 is 2.67 bits per heavy atom. The lowest BCUT2D eigenvalue weighted by Crippen LogP contribution is -1.98. The van der Waals surface area contributed by atoms with E-state index in [1.54, 1.807) is 34.4 Å². The van der Waals surface area contributed by atoms with Gasteiger partial charge < -0.3 is 5.32 Å². The van der Waals surface area contributed by atoms with Crippen molar-refractivity contribution >= 4 is 55.5 Å². The third-order valence-electron chi connectivity index (χ3n) is 2.66. The molecule has 0 aliphatic rings. The molecule has 2 aromatic heterocycles. The maximum atomic E-state index is 4.21. The normalized spacial score (nSPS) is 10.7. The molecule has 0 aliphatic carbocycles. The van der Waals surface area contributed by atoms with Crippen molar-refractivity contribution in [1.29, 1.82) is 0 Å². The van der Waals surface area contributed by atoms with Gasteiger partial charge in [-0.15, -0.1) is 21.5 Å². The van der Waals surface area contributed by atoms with Gasteiger partial charge in [-0.3, -0.25) is 0 Å². The lowest BCUT2D eigenvalue weighted by molar-refractivity contribution is 0.995. The van der Waals surface area contributed by atoms with Gasteiger partial charge in [-0.2, -0.15) is 0 Å². The second kappa shape index (κ2) is 7.40. The van der Waals surface area contributed by atoms with E-state index in [9.17, 15) is 0 Å². The molecular weight excluding hydrogens is 386 g/mol. The van der Waals surface area contributed by atoms with E-state index in [0.29, 0.717) is 0 Å². The number of thioether (sulfide) groups is 1. The van der Waals surface area contributed by atoms with E-state index in [2.05, 4.69) is 55.7 Å². The first-order valence-electron chi connectivity index (χ1n) is 6.28. The van der Waals surface area contributed by atoms with Crippen molar-refractivity contribution in [3.8, 4) is 0 Å². The molecule has 0 radical (unpaired) electrons. The summed E-state index contributed by atoms with van der Waals surface area (Å²) in [7, 11) is 0. The molecule has 7 heteroatoms. The van der Waals surface area contributed by atoms with Crippen LogP contribution in [0.2, 0.25) is 0 Å². The zero-order valence-electron chi connectivity index (χ0n) is 11.0. The minimum absolute atomic E-state index is 0.776. The fourth-order valence-corrected chi connectivity index (χ4v) is 4.95. The molecule has 1 N–H and O–H groups in total. The van der Waals surface area contributed by atoms with Crippen molar-refractivity contribution in [3.05, 3.63) is 56.7 Å². The van der Waals surface area contributed by atoms with Crippen molar-refractivity contribution in [2.45, 2.75) is 16.6 Å². The van der Waals surface area contributed by atoms with E-state index in [-0.39, 0.29) is 0 Å². The number of benzene rings is 1. The van der Waals surface area contributed by atoms with Crippen LogP contribution in [0.1, 0.15) is 10.4 Å². The molecule has 3 aromatic rings. The summed E-state index contributed by atoms with van der Waals surface area (Å²) in [5.74, 6) is 0.934. The van der Waals surface area contributed by atoms with Crippen molar-refractivity contribution in [3.63, 3.8) is 0 Å². The zero-order valence-corrected chi connectivity index (χ0v) is 15.0. The number of anilines is 1. The standard InChI is InChI=1S/C14H12BrN3S3/c15-12-7-6-11(20-12)9-19-14-18-17-13(21-14)16-8-10-4-2-1-3-5-10/h1-7H,8-9H2,(H,16,17). The van der Waals surface area contributed by atoms with E-state index in [0.717, 1.165) is 21.8 Å². The molecule has 2 heterocycles. The average Bonchev–Trinajstić information content (AvgIpc) is 3.13. The third kappa shape index (κ3) is 4.54. The van der Waals surface area contributed by atoms with Gasteiger partial charge in [-0.25, -0.2) is 0 Å². The summed E-state index contributed by atoms with van der Waals surface area (Å²) in [5.41, 5.74) is 1.24. The molecule has 21 heavy (non-hydrogen) atoms. The number of hydrogen-bond acceptors (Lipinski definition) is 6. The lowest BCUT2D eigenvalue weighted by Gasteiger charge is -2.00. The Kier molecular flexibility index (Phi) is 5.29. The van der Waals surface area contributed by atoms with E-state index < -0.39 is 0 Å². The first-order chi connectivity index (χ1) is 10.3. The summed E-state index contributed by atoms with van der Waals surface area (Å²) < 4.78 is 2.16. The molecule has 1 aromatic carbocycles. The highest BCUT2D eigenvalue weighted by atomic mass is 79.9. The fraction of sp³-hybridized carbons (Fsp3) is 0.143. The number of hydrogen-bond donors (Lipinski definition) is 1. The molecule has 0 atom stereocenters. The Labute approximate surface area is 144 Å². The highest BCUT2D eigenvalue weighted by Crippen LogP contribution is 2.31. The van der Waals surface area contributed by atoms with E-state index in [1.165, 1.54) is 14.2 Å². The van der Waals surface area contributed by atoms with Crippen LogP contribution in [-0.2, 0) is 12.3 Å². The molecule has 0 amide bonds. The molecule has 0 spiro atoms. The average molecular weight is 398 g/mol. The maximum absolute atomic E-state index is 4.21. The van der Waals surface area contributed by atoms with Crippen LogP contribution in [0.4, 0.5) is 5.13 Å². The number of rotatable bonds is 6. The van der Waals surface area contributed by atoms with Gasteiger partial charge in [0.1, 0.15) is 0 Å². The van der Waals surface area contributed by atoms with Crippen LogP contribution in [0.25, 0.3) is 0 Å². The molecule has 0 bridgehead atoms. The Morgan fingerprint density at radius 2 is 1.90 bits per heavy atom. The second-order valence-electron chi connectivity index (χ2n) is 4.21. The number of halogens is 1. The lowest BCUT2D eigenvalue weighted by atomic mass is 10.2. The van der Waals surface area contributed by atoms with Gasteiger partial charge in [0.15, 0.2) is 4.34 Å². The van der Waals surface area contributed by atoms with Crippen molar-refractivity contribution in [1.82, 2.24) is 10.2 Å². The Balaban J connectivity index is 1.51. The summed E-state index contributed by atoms with van der Waals surface area (Å²) in [6.07, 6.45) is 0. The van der Waals surface area contributed by atoms with Gasteiger partial charge in [-0.05, 0) is 33.6 Å². The Bertz CT molecular complexity index is 696. The van der Waals surface area contributed by atoms with Crippen LogP contribution in [-0.4, -0.2) is 10.2 Å². The monoisotopic (exact) mass is 397 g/mol. The van der Waals surface area contributed by atoms with Crippen molar-refractivity contribution in [2.75, 3.05) is 5.32 Å². The Morgan fingerprint density at radius 1 is 1.05 bits per heavy atom. The highest BCUT2D eigenvalue weighted by molar-refractivity contribution is 9.11. The Hall–Kier alpha value is -0.890. The van der Waals surface area contributed by atoms with Crippen molar-refractivity contribution < 1.29 is 0 Å². The predicted octanol–water partition coefficient (Wildman–Crippen LogP) is 5.27. The molecule has 0 saturated heterocycles. The molecule has 0 unspecified atom stereocenters. The molecular formula is C14H12BrN3S3. The first kappa shape index (κ1) is 15.0. The highest BCUT2D eigenvalue weighted by Gasteiger charge is 2.06. The van der Waals surface area contributed by atoms with E-state index in [1.807, 2.05) is 18.2 Å². The third-order valence-corrected chi connectivity index (χ3v) is 6.53. The second-order valence-corrected chi connectivity index (χ2v) is 8.95. The summed E-state index contributed by atoms with van der Waals surface area (Å²) in [4.78, 5) is 1.33. The molecule has 108 valence electrons. The smallest absolute Gasteiger partial charge is 0.206 e. The molecule has 0 saturated carbocycles. The van der Waals surface area contributed by atoms with Crippen LogP contribution in [0.3, 0.4) is 0 Å². The summed E-state index contributed by atoms with van der Waals surface area (Å²) in [5, 5.41) is 12.6. The van der Waals surface area contributed by atoms with Gasteiger partial charge in [-0.1, -0.05) is 53.4 Å². The fourth-order valence-electron chi connectivity index (χ4n) is 1.68. The van der Waals surface area contributed by atoms with Gasteiger partial charge in [0.25, 0.3) is 0 Å². The topological polar surface area (TPSA) is 37.8 Å². The largest absolute Gasteiger partial charge is 0.356 e. The number of aromatic nitrogens is 2. The summed E-state index contributed by atoms with van der Waals surface area (Å²) in [6, 6.07) is 14.5.